The maximum atomic E-state index is 13.1. The largest absolute Gasteiger partial charge is 0.412 e. The highest BCUT2D eigenvalue weighted by atomic mass is 32.2. The highest BCUT2D eigenvalue weighted by molar-refractivity contribution is 7.89. The number of aryl methyl sites for hydroxylation is 2. The molecule has 1 aromatic heterocycles. The Labute approximate surface area is 187 Å². The predicted molar refractivity (Wildman–Crippen MR) is 116 cm³/mol. The molecule has 0 radical (unpaired) electrons. The van der Waals surface area contributed by atoms with Crippen molar-refractivity contribution in [2.45, 2.75) is 44.8 Å². The maximum Gasteiger partial charge on any atom is 0.288 e. The van der Waals surface area contributed by atoms with E-state index in [1.165, 1.54) is 4.31 Å². The minimum Gasteiger partial charge on any atom is -0.412 e. The first-order chi connectivity index (χ1) is 14.7. The summed E-state index contributed by atoms with van der Waals surface area (Å²) in [6, 6.07) is 5.50. The third-order valence-corrected chi connectivity index (χ3v) is 8.11. The molecule has 2 aliphatic heterocycles. The number of hydrogen-bond acceptors (Lipinski definition) is 7. The lowest BCUT2D eigenvalue weighted by atomic mass is 10.2. The zero-order chi connectivity index (χ0) is 22.2. The quantitative estimate of drug-likeness (QED) is 0.602. The Morgan fingerprint density at radius 3 is 2.55 bits per heavy atom. The van der Waals surface area contributed by atoms with E-state index in [0.29, 0.717) is 63.1 Å². The maximum absolute atomic E-state index is 13.1. The zero-order valence-electron chi connectivity index (χ0n) is 17.8. The Hall–Kier alpha value is -2.08. The third kappa shape index (κ3) is 4.74. The van der Waals surface area contributed by atoms with Crippen LogP contribution < -0.4 is 0 Å². The van der Waals surface area contributed by atoms with Gasteiger partial charge in [0.05, 0.1) is 18.1 Å². The number of carbonyl (C=O) groups excluding carboxylic acids is 1. The number of nitrogens with zero attached hydrogens (tertiary/aromatic N) is 5. The van der Waals surface area contributed by atoms with Gasteiger partial charge in [0.2, 0.25) is 21.8 Å². The van der Waals surface area contributed by atoms with Crippen LogP contribution >= 0.6 is 12.2 Å². The van der Waals surface area contributed by atoms with E-state index in [9.17, 15) is 13.2 Å². The molecule has 1 aromatic carbocycles. The number of benzene rings is 1. The van der Waals surface area contributed by atoms with Gasteiger partial charge >= 0.3 is 0 Å². The molecule has 2 saturated heterocycles. The summed E-state index contributed by atoms with van der Waals surface area (Å²) in [5, 5.41) is 4.42. The Balaban J connectivity index is 1.38. The fourth-order valence-electron chi connectivity index (χ4n) is 3.96. The van der Waals surface area contributed by atoms with Crippen LogP contribution in [0.15, 0.2) is 27.5 Å². The Bertz CT molecular complexity index is 1130. The van der Waals surface area contributed by atoms with Gasteiger partial charge in [-0.05, 0) is 49.7 Å². The molecule has 0 unspecified atom stereocenters. The molecule has 31 heavy (non-hydrogen) atoms. The van der Waals surface area contributed by atoms with E-state index in [-0.39, 0.29) is 10.7 Å². The van der Waals surface area contributed by atoms with Gasteiger partial charge in [-0.25, -0.2) is 13.1 Å². The number of hydrogen-bond donors (Lipinski definition) is 0. The average molecular weight is 466 g/mol. The third-order valence-electron chi connectivity index (χ3n) is 5.77. The second-order valence-corrected chi connectivity index (χ2v) is 10.4. The van der Waals surface area contributed by atoms with Crippen LogP contribution in [0.1, 0.15) is 29.9 Å². The van der Waals surface area contributed by atoms with Crippen LogP contribution in [0.4, 0.5) is 0 Å². The van der Waals surface area contributed by atoms with Crippen LogP contribution in [0.2, 0.25) is 0 Å². The SMILES string of the molecule is Cc1ccc(C)c(S(=O)(=O)N2CCN(Cn3nc(CN4CCCC4=O)oc3=S)CC2)c1. The molecule has 0 bridgehead atoms. The second-order valence-electron chi connectivity index (χ2n) is 8.11. The highest BCUT2D eigenvalue weighted by Crippen LogP contribution is 2.22. The number of likely N-dealkylation sites (tertiary alicyclic amines) is 1. The minimum atomic E-state index is -3.53. The van der Waals surface area contributed by atoms with Crippen molar-refractivity contribution in [1.82, 2.24) is 23.9 Å². The fourth-order valence-corrected chi connectivity index (χ4v) is 5.89. The molecular weight excluding hydrogens is 438 g/mol. The van der Waals surface area contributed by atoms with Crippen molar-refractivity contribution in [1.29, 1.82) is 0 Å². The summed E-state index contributed by atoms with van der Waals surface area (Å²) in [4.78, 5) is 16.3. The molecule has 0 aliphatic carbocycles. The van der Waals surface area contributed by atoms with Crippen molar-refractivity contribution in [2.75, 3.05) is 32.7 Å². The number of piperazine rings is 1. The first kappa shape index (κ1) is 22.1. The van der Waals surface area contributed by atoms with Gasteiger partial charge in [0.25, 0.3) is 4.84 Å². The van der Waals surface area contributed by atoms with E-state index >= 15 is 0 Å². The summed E-state index contributed by atoms with van der Waals surface area (Å²) in [7, 11) is -3.53. The summed E-state index contributed by atoms with van der Waals surface area (Å²) in [5.74, 6) is 0.535. The van der Waals surface area contributed by atoms with E-state index in [4.69, 9.17) is 16.6 Å². The zero-order valence-corrected chi connectivity index (χ0v) is 19.4. The minimum absolute atomic E-state index is 0.108. The fraction of sp³-hybridized carbons (Fsp3) is 0.550. The number of sulfonamides is 1. The molecule has 0 atom stereocenters. The van der Waals surface area contributed by atoms with Crippen molar-refractivity contribution in [3.8, 4) is 0 Å². The molecule has 168 valence electrons. The van der Waals surface area contributed by atoms with Gasteiger partial charge in [0.1, 0.15) is 0 Å². The Morgan fingerprint density at radius 2 is 1.87 bits per heavy atom. The standard InChI is InChI=1S/C20H27N5O4S2/c1-15-5-6-16(2)17(12-15)31(27,28)24-10-8-22(9-11-24)14-25-20(30)29-18(21-25)13-23-7-3-4-19(23)26/h5-6,12H,3-4,7-11,13-14H2,1-2H3. The van der Waals surface area contributed by atoms with Crippen molar-refractivity contribution in [3.63, 3.8) is 0 Å². The van der Waals surface area contributed by atoms with E-state index in [1.807, 2.05) is 26.0 Å². The molecule has 2 aliphatic rings. The van der Waals surface area contributed by atoms with Gasteiger partial charge in [-0.2, -0.15) is 4.31 Å². The first-order valence-electron chi connectivity index (χ1n) is 10.4. The number of rotatable bonds is 6. The summed E-state index contributed by atoms with van der Waals surface area (Å²) in [6.07, 6.45) is 1.42. The van der Waals surface area contributed by atoms with Gasteiger partial charge in [-0.3, -0.25) is 9.69 Å². The highest BCUT2D eigenvalue weighted by Gasteiger charge is 2.30. The second kappa shape index (κ2) is 8.81. The molecule has 0 N–H and O–H groups in total. The van der Waals surface area contributed by atoms with Crippen molar-refractivity contribution >= 4 is 28.1 Å². The molecule has 0 spiro atoms. The Kier molecular flexibility index (Phi) is 6.29. The summed E-state index contributed by atoms with van der Waals surface area (Å²) in [6.45, 7) is 7.12. The lowest BCUT2D eigenvalue weighted by molar-refractivity contribution is -0.128. The predicted octanol–water partition coefficient (Wildman–Crippen LogP) is 1.91. The van der Waals surface area contributed by atoms with E-state index in [0.717, 1.165) is 17.5 Å². The van der Waals surface area contributed by atoms with Crippen LogP contribution in [0.3, 0.4) is 0 Å². The monoisotopic (exact) mass is 465 g/mol. The molecular formula is C20H27N5O4S2. The van der Waals surface area contributed by atoms with Crippen LogP contribution in [0.25, 0.3) is 0 Å². The lowest BCUT2D eigenvalue weighted by Gasteiger charge is -2.33. The van der Waals surface area contributed by atoms with E-state index < -0.39 is 10.0 Å². The summed E-state index contributed by atoms with van der Waals surface area (Å²) < 4.78 is 34.9. The van der Waals surface area contributed by atoms with Crippen LogP contribution in [0.5, 0.6) is 0 Å². The molecule has 0 saturated carbocycles. The number of carbonyl (C=O) groups is 1. The normalized spacial score (nSPS) is 18.8. The molecule has 2 fully saturated rings. The Morgan fingerprint density at radius 1 is 1.13 bits per heavy atom. The van der Waals surface area contributed by atoms with E-state index in [1.54, 1.807) is 15.6 Å². The van der Waals surface area contributed by atoms with Crippen LogP contribution in [0, 0.1) is 18.7 Å². The molecule has 4 rings (SSSR count). The van der Waals surface area contributed by atoms with Gasteiger partial charge in [0.15, 0.2) is 0 Å². The van der Waals surface area contributed by atoms with Gasteiger partial charge in [-0.15, -0.1) is 5.10 Å². The van der Waals surface area contributed by atoms with E-state index in [2.05, 4.69) is 10.00 Å². The van der Waals surface area contributed by atoms with Gasteiger partial charge < -0.3 is 9.32 Å². The summed E-state index contributed by atoms with van der Waals surface area (Å²) >= 11 is 5.28. The van der Waals surface area contributed by atoms with Crippen LogP contribution in [-0.4, -0.2) is 70.9 Å². The lowest BCUT2D eigenvalue weighted by Crippen LogP contribution is -2.49. The summed E-state index contributed by atoms with van der Waals surface area (Å²) in [5.41, 5.74) is 1.68. The van der Waals surface area contributed by atoms with Gasteiger partial charge in [-0.1, -0.05) is 12.1 Å². The molecule has 2 aromatic rings. The van der Waals surface area contributed by atoms with Crippen LogP contribution in [-0.2, 0) is 28.0 Å². The smallest absolute Gasteiger partial charge is 0.288 e. The average Bonchev–Trinajstić information content (AvgIpc) is 3.29. The van der Waals surface area contributed by atoms with Crippen molar-refractivity contribution in [3.05, 3.63) is 40.1 Å². The first-order valence-corrected chi connectivity index (χ1v) is 12.2. The molecule has 1 amide bonds. The molecule has 3 heterocycles. The molecule has 9 nitrogen and oxygen atoms in total. The number of amides is 1. The van der Waals surface area contributed by atoms with Gasteiger partial charge in [0, 0.05) is 39.1 Å². The number of aromatic nitrogens is 2. The topological polar surface area (TPSA) is 91.9 Å². The molecule has 11 heteroatoms. The van der Waals surface area contributed by atoms with Crippen molar-refractivity contribution in [2.24, 2.45) is 0 Å². The van der Waals surface area contributed by atoms with Crippen molar-refractivity contribution < 1.29 is 17.6 Å².